The van der Waals surface area contributed by atoms with Crippen molar-refractivity contribution in [2.24, 2.45) is 0 Å². The Morgan fingerprint density at radius 2 is 1.67 bits per heavy atom. The number of hydrogen-bond acceptors (Lipinski definition) is 4. The van der Waals surface area contributed by atoms with Gasteiger partial charge in [0.1, 0.15) is 23.3 Å². The third-order valence-electron chi connectivity index (χ3n) is 4.69. The van der Waals surface area contributed by atoms with Gasteiger partial charge in [0.2, 0.25) is 0 Å². The Bertz CT molecular complexity index is 786. The van der Waals surface area contributed by atoms with E-state index < -0.39 is 0 Å². The summed E-state index contributed by atoms with van der Waals surface area (Å²) in [6, 6.07) is 12.7. The normalized spacial score (nSPS) is 17.0. The molecule has 1 atom stereocenters. The number of halogens is 2. The van der Waals surface area contributed by atoms with Crippen LogP contribution in [-0.4, -0.2) is 36.5 Å². The molecule has 3 rings (SSSR count). The quantitative estimate of drug-likeness (QED) is 0.580. The van der Waals surface area contributed by atoms with Gasteiger partial charge in [-0.1, -0.05) is 24.3 Å². The molecule has 1 aliphatic heterocycles. The lowest BCUT2D eigenvalue weighted by molar-refractivity contribution is 0.253. The number of rotatable bonds is 7. The monoisotopic (exact) mass is 371 g/mol. The summed E-state index contributed by atoms with van der Waals surface area (Å²) in [5.41, 5.74) is 2.57. The highest BCUT2D eigenvalue weighted by atomic mass is 19.1. The molecule has 6 heteroatoms. The van der Waals surface area contributed by atoms with Crippen LogP contribution in [0.25, 0.3) is 0 Å². The molecule has 1 aliphatic rings. The van der Waals surface area contributed by atoms with Crippen molar-refractivity contribution in [1.82, 2.24) is 15.5 Å². The zero-order valence-corrected chi connectivity index (χ0v) is 15.1. The SMILES string of the molecule is O=C=C1C(CCNCc2ccc(F)cc2)NCCN1Cc1ccc(F)cc1. The first-order valence-corrected chi connectivity index (χ1v) is 9.08. The number of nitrogens with zero attached hydrogens (tertiary/aromatic N) is 1. The summed E-state index contributed by atoms with van der Waals surface area (Å²) in [4.78, 5) is 13.6. The van der Waals surface area contributed by atoms with Gasteiger partial charge in [-0.05, 0) is 48.4 Å². The van der Waals surface area contributed by atoms with Crippen LogP contribution in [0.15, 0.2) is 54.2 Å². The lowest BCUT2D eigenvalue weighted by Gasteiger charge is -2.36. The molecule has 1 unspecified atom stereocenters. The van der Waals surface area contributed by atoms with Crippen molar-refractivity contribution in [3.8, 4) is 0 Å². The third-order valence-corrected chi connectivity index (χ3v) is 4.69. The van der Waals surface area contributed by atoms with Crippen LogP contribution in [0.3, 0.4) is 0 Å². The molecule has 2 N–H and O–H groups in total. The molecule has 0 bridgehead atoms. The van der Waals surface area contributed by atoms with E-state index >= 15 is 0 Å². The van der Waals surface area contributed by atoms with Crippen molar-refractivity contribution < 1.29 is 13.6 Å². The zero-order valence-electron chi connectivity index (χ0n) is 15.1. The van der Waals surface area contributed by atoms with Gasteiger partial charge < -0.3 is 15.5 Å². The first-order chi connectivity index (χ1) is 13.2. The van der Waals surface area contributed by atoms with Gasteiger partial charge in [-0.3, -0.25) is 0 Å². The van der Waals surface area contributed by atoms with E-state index in [1.807, 2.05) is 4.90 Å². The van der Waals surface area contributed by atoms with E-state index in [2.05, 4.69) is 16.6 Å². The van der Waals surface area contributed by atoms with Gasteiger partial charge in [0.25, 0.3) is 0 Å². The lowest BCUT2D eigenvalue weighted by atomic mass is 10.1. The average molecular weight is 371 g/mol. The standard InChI is InChI=1S/C21H23F2N3O/c22-18-5-1-16(2-6-18)13-24-10-9-20-21(15-27)26(12-11-25-20)14-17-3-7-19(23)8-4-17/h1-8,20,24-25H,9-14H2. The van der Waals surface area contributed by atoms with Crippen molar-refractivity contribution in [3.05, 3.63) is 77.0 Å². The Morgan fingerprint density at radius 1 is 1.04 bits per heavy atom. The highest BCUT2D eigenvalue weighted by molar-refractivity contribution is 5.54. The fraction of sp³-hybridized carbons (Fsp3) is 0.333. The van der Waals surface area contributed by atoms with Crippen LogP contribution >= 0.6 is 0 Å². The van der Waals surface area contributed by atoms with Gasteiger partial charge in [-0.15, -0.1) is 0 Å². The molecule has 0 radical (unpaired) electrons. The van der Waals surface area contributed by atoms with Crippen LogP contribution in [-0.2, 0) is 17.9 Å². The Hall–Kier alpha value is -2.53. The minimum absolute atomic E-state index is 0.0718. The van der Waals surface area contributed by atoms with Gasteiger partial charge in [-0.2, -0.15) is 0 Å². The number of hydrogen-bond donors (Lipinski definition) is 2. The van der Waals surface area contributed by atoms with Gasteiger partial charge >= 0.3 is 0 Å². The van der Waals surface area contributed by atoms with Gasteiger partial charge in [0.05, 0.1) is 6.04 Å². The first-order valence-electron chi connectivity index (χ1n) is 9.08. The van der Waals surface area contributed by atoms with Crippen molar-refractivity contribution in [2.75, 3.05) is 19.6 Å². The molecule has 2 aromatic carbocycles. The Balaban J connectivity index is 1.51. The first kappa shape index (κ1) is 19.2. The number of benzene rings is 2. The summed E-state index contributed by atoms with van der Waals surface area (Å²) in [6.07, 6.45) is 0.742. The van der Waals surface area contributed by atoms with Gasteiger partial charge in [-0.25, -0.2) is 13.6 Å². The van der Waals surface area contributed by atoms with Gasteiger partial charge in [0, 0.05) is 26.2 Å². The molecule has 4 nitrogen and oxygen atoms in total. The van der Waals surface area contributed by atoms with E-state index in [0.29, 0.717) is 31.9 Å². The Morgan fingerprint density at radius 3 is 2.30 bits per heavy atom. The largest absolute Gasteiger partial charge is 0.359 e. The second kappa shape index (κ2) is 9.42. The molecule has 27 heavy (non-hydrogen) atoms. The van der Waals surface area contributed by atoms with Crippen LogP contribution < -0.4 is 10.6 Å². The topological polar surface area (TPSA) is 44.4 Å². The summed E-state index contributed by atoms with van der Waals surface area (Å²) in [5, 5.41) is 6.68. The zero-order chi connectivity index (χ0) is 19.1. The minimum Gasteiger partial charge on any atom is -0.359 e. The van der Waals surface area contributed by atoms with E-state index in [0.717, 1.165) is 24.1 Å². The molecule has 0 saturated carbocycles. The molecule has 142 valence electrons. The van der Waals surface area contributed by atoms with E-state index in [-0.39, 0.29) is 17.7 Å². The van der Waals surface area contributed by atoms with E-state index in [1.165, 1.54) is 24.3 Å². The molecule has 0 amide bonds. The predicted molar refractivity (Wildman–Crippen MR) is 101 cm³/mol. The summed E-state index contributed by atoms with van der Waals surface area (Å²) in [5.74, 6) is 1.58. The average Bonchev–Trinajstić information content (AvgIpc) is 2.68. The second-order valence-electron chi connectivity index (χ2n) is 6.63. The van der Waals surface area contributed by atoms with Crippen LogP contribution in [0, 0.1) is 11.6 Å². The fourth-order valence-corrected chi connectivity index (χ4v) is 3.24. The fourth-order valence-electron chi connectivity index (χ4n) is 3.24. The molecular formula is C21H23F2N3O. The molecule has 1 fully saturated rings. The second-order valence-corrected chi connectivity index (χ2v) is 6.63. The Kier molecular flexibility index (Phi) is 6.71. The van der Waals surface area contributed by atoms with Crippen molar-refractivity contribution >= 4 is 5.94 Å². The minimum atomic E-state index is -0.268. The summed E-state index contributed by atoms with van der Waals surface area (Å²) < 4.78 is 26.0. The van der Waals surface area contributed by atoms with Crippen molar-refractivity contribution in [1.29, 1.82) is 0 Å². The van der Waals surface area contributed by atoms with Crippen molar-refractivity contribution in [2.45, 2.75) is 25.6 Å². The lowest BCUT2D eigenvalue weighted by Crippen LogP contribution is -2.49. The summed E-state index contributed by atoms with van der Waals surface area (Å²) in [7, 11) is 0. The van der Waals surface area contributed by atoms with Crippen molar-refractivity contribution in [3.63, 3.8) is 0 Å². The number of piperazine rings is 1. The molecule has 2 aromatic rings. The smallest absolute Gasteiger partial charge is 0.147 e. The molecule has 0 spiro atoms. The summed E-state index contributed by atoms with van der Waals surface area (Å²) >= 11 is 0. The van der Waals surface area contributed by atoms with Crippen LogP contribution in [0.4, 0.5) is 8.78 Å². The van der Waals surface area contributed by atoms with E-state index in [9.17, 15) is 13.6 Å². The summed E-state index contributed by atoms with van der Waals surface area (Å²) in [6.45, 7) is 3.40. The molecule has 1 heterocycles. The number of nitrogens with one attached hydrogen (secondary N) is 2. The van der Waals surface area contributed by atoms with Gasteiger partial charge in [0.15, 0.2) is 0 Å². The molecule has 0 aromatic heterocycles. The molecule has 0 aliphatic carbocycles. The third kappa shape index (κ3) is 5.47. The highest BCUT2D eigenvalue weighted by Gasteiger charge is 2.25. The van der Waals surface area contributed by atoms with E-state index in [1.54, 1.807) is 24.3 Å². The predicted octanol–water partition coefficient (Wildman–Crippen LogP) is 2.63. The van der Waals surface area contributed by atoms with E-state index in [4.69, 9.17) is 0 Å². The van der Waals surface area contributed by atoms with Crippen LogP contribution in [0.2, 0.25) is 0 Å². The maximum atomic E-state index is 13.1. The van der Waals surface area contributed by atoms with Crippen LogP contribution in [0.5, 0.6) is 0 Å². The maximum Gasteiger partial charge on any atom is 0.147 e. The maximum absolute atomic E-state index is 13.1. The molecule has 1 saturated heterocycles. The highest BCUT2D eigenvalue weighted by Crippen LogP contribution is 2.17. The molecular weight excluding hydrogens is 348 g/mol. The Labute approximate surface area is 157 Å². The number of carbonyl (C=O) groups excluding carboxylic acids is 1. The van der Waals surface area contributed by atoms with Crippen LogP contribution in [0.1, 0.15) is 17.5 Å².